The molecule has 1 aliphatic heterocycles. The molecule has 0 bridgehead atoms. The number of aliphatic hydroxyl groups is 1. The van der Waals surface area contributed by atoms with Crippen LogP contribution in [0.4, 0.5) is 11.6 Å². The number of nitrogens with one attached hydrogen (secondary N) is 1. The molecule has 0 amide bonds. The minimum absolute atomic E-state index is 0.609. The van der Waals surface area contributed by atoms with Crippen molar-refractivity contribution in [2.24, 2.45) is 0 Å². The molecule has 2 rings (SSSR count). The van der Waals surface area contributed by atoms with Gasteiger partial charge in [0.15, 0.2) is 0 Å². The van der Waals surface area contributed by atoms with Gasteiger partial charge in [-0.05, 0) is 27.2 Å². The first kappa shape index (κ1) is 14.1. The number of aromatic nitrogens is 2. The lowest BCUT2D eigenvalue weighted by Gasteiger charge is -2.23. The smallest absolute Gasteiger partial charge is 0.137 e. The van der Waals surface area contributed by atoms with Crippen molar-refractivity contribution in [3.05, 3.63) is 11.4 Å². The molecule has 1 fully saturated rings. The van der Waals surface area contributed by atoms with Crippen molar-refractivity contribution in [2.45, 2.75) is 46.1 Å². The van der Waals surface area contributed by atoms with Gasteiger partial charge in [0.25, 0.3) is 0 Å². The molecular weight excluding hydrogens is 240 g/mol. The van der Waals surface area contributed by atoms with Crippen LogP contribution in [0.25, 0.3) is 0 Å². The quantitative estimate of drug-likeness (QED) is 0.867. The maximum atomic E-state index is 10.1. The number of hydrogen-bond donors (Lipinski definition) is 2. The molecule has 1 aliphatic rings. The van der Waals surface area contributed by atoms with Crippen LogP contribution < -0.4 is 10.2 Å². The van der Waals surface area contributed by atoms with Gasteiger partial charge >= 0.3 is 0 Å². The predicted molar refractivity (Wildman–Crippen MR) is 77.8 cm³/mol. The fourth-order valence-electron chi connectivity index (χ4n) is 2.48. The average molecular weight is 264 g/mol. The van der Waals surface area contributed by atoms with Crippen molar-refractivity contribution >= 4 is 11.6 Å². The molecule has 1 aromatic rings. The van der Waals surface area contributed by atoms with Crippen LogP contribution >= 0.6 is 0 Å². The highest BCUT2D eigenvalue weighted by Gasteiger charge is 2.33. The molecule has 0 saturated carbocycles. The maximum Gasteiger partial charge on any atom is 0.137 e. The van der Waals surface area contributed by atoms with Crippen LogP contribution in [0.1, 0.15) is 38.6 Å². The molecule has 0 radical (unpaired) electrons. The van der Waals surface area contributed by atoms with Crippen molar-refractivity contribution in [2.75, 3.05) is 29.9 Å². The van der Waals surface area contributed by atoms with Gasteiger partial charge < -0.3 is 15.3 Å². The van der Waals surface area contributed by atoms with Crippen LogP contribution in [0.5, 0.6) is 0 Å². The van der Waals surface area contributed by atoms with Gasteiger partial charge in [-0.15, -0.1) is 0 Å². The summed E-state index contributed by atoms with van der Waals surface area (Å²) in [7, 11) is 0. The van der Waals surface area contributed by atoms with Crippen LogP contribution in [0, 0.1) is 6.92 Å². The number of rotatable bonds is 4. The molecule has 1 saturated heterocycles. The second kappa shape index (κ2) is 5.33. The molecule has 106 valence electrons. The van der Waals surface area contributed by atoms with Gasteiger partial charge in [-0.25, -0.2) is 9.97 Å². The summed E-state index contributed by atoms with van der Waals surface area (Å²) in [5, 5.41) is 13.4. The summed E-state index contributed by atoms with van der Waals surface area (Å²) in [6, 6.07) is 0. The fourth-order valence-corrected chi connectivity index (χ4v) is 2.48. The van der Waals surface area contributed by atoms with Gasteiger partial charge in [0.1, 0.15) is 17.5 Å². The third-order valence-electron chi connectivity index (χ3n) is 3.58. The lowest BCUT2D eigenvalue weighted by molar-refractivity contribution is 0.0839. The van der Waals surface area contributed by atoms with E-state index in [-0.39, 0.29) is 0 Å². The van der Waals surface area contributed by atoms with Crippen molar-refractivity contribution < 1.29 is 5.11 Å². The molecular formula is C14H24N4O. The van der Waals surface area contributed by atoms with Crippen LogP contribution in [0.15, 0.2) is 0 Å². The Hall–Kier alpha value is -1.36. The first-order valence-corrected chi connectivity index (χ1v) is 7.05. The van der Waals surface area contributed by atoms with E-state index in [0.29, 0.717) is 6.54 Å². The van der Waals surface area contributed by atoms with E-state index < -0.39 is 5.60 Å². The predicted octanol–water partition coefficient (Wildman–Crippen LogP) is 1.74. The maximum absolute atomic E-state index is 10.1. The summed E-state index contributed by atoms with van der Waals surface area (Å²) in [5.74, 6) is 2.72. The van der Waals surface area contributed by atoms with Gasteiger partial charge in [0.05, 0.1) is 5.60 Å². The van der Waals surface area contributed by atoms with Gasteiger partial charge in [0.2, 0.25) is 0 Å². The Morgan fingerprint density at radius 3 is 2.63 bits per heavy atom. The highest BCUT2D eigenvalue weighted by Crippen LogP contribution is 2.30. The summed E-state index contributed by atoms with van der Waals surface area (Å²) in [6.07, 6.45) is 1.60. The monoisotopic (exact) mass is 264 g/mol. The third kappa shape index (κ3) is 2.97. The standard InChI is InChI=1S/C14H24N4O/c1-5-11-16-12(15-6-2)10(3)13(17-11)18-8-7-14(4,19)9-18/h19H,5-9H2,1-4H3,(H,15,16,17). The SMILES string of the molecule is CCNc1nc(CC)nc(N2CCC(C)(O)C2)c1C. The van der Waals surface area contributed by atoms with E-state index in [9.17, 15) is 5.11 Å². The summed E-state index contributed by atoms with van der Waals surface area (Å²) in [5.41, 5.74) is 0.457. The Kier molecular flexibility index (Phi) is 3.94. The molecule has 5 nitrogen and oxygen atoms in total. The molecule has 19 heavy (non-hydrogen) atoms. The van der Waals surface area contributed by atoms with Crippen LogP contribution in [-0.4, -0.2) is 40.3 Å². The summed E-state index contributed by atoms with van der Waals surface area (Å²) in [4.78, 5) is 11.3. The third-order valence-corrected chi connectivity index (χ3v) is 3.58. The Morgan fingerprint density at radius 1 is 1.37 bits per heavy atom. The van der Waals surface area contributed by atoms with Crippen LogP contribution in [0.3, 0.4) is 0 Å². The summed E-state index contributed by atoms with van der Waals surface area (Å²) >= 11 is 0. The molecule has 1 unspecified atom stereocenters. The second-order valence-electron chi connectivity index (χ2n) is 5.49. The number of β-amino-alcohol motifs (C(OH)–C–C–N with tert-alkyl or cyclic N) is 1. The van der Waals surface area contributed by atoms with Gasteiger partial charge in [-0.1, -0.05) is 6.92 Å². The Morgan fingerprint density at radius 2 is 2.11 bits per heavy atom. The zero-order chi connectivity index (χ0) is 14.0. The average Bonchev–Trinajstić information content (AvgIpc) is 2.72. The van der Waals surface area contributed by atoms with Gasteiger partial charge in [-0.3, -0.25) is 0 Å². The Labute approximate surface area is 115 Å². The van der Waals surface area contributed by atoms with Crippen molar-refractivity contribution in [1.29, 1.82) is 0 Å². The number of nitrogens with zero attached hydrogens (tertiary/aromatic N) is 3. The molecule has 0 spiro atoms. The van der Waals surface area contributed by atoms with Crippen LogP contribution in [-0.2, 0) is 6.42 Å². The normalized spacial score (nSPS) is 22.9. The van der Waals surface area contributed by atoms with E-state index in [2.05, 4.69) is 34.0 Å². The van der Waals surface area contributed by atoms with Crippen molar-refractivity contribution in [3.8, 4) is 0 Å². The first-order valence-electron chi connectivity index (χ1n) is 7.05. The number of anilines is 2. The minimum atomic E-state index is -0.609. The molecule has 0 aromatic carbocycles. The second-order valence-corrected chi connectivity index (χ2v) is 5.49. The van der Waals surface area contributed by atoms with E-state index >= 15 is 0 Å². The lowest BCUT2D eigenvalue weighted by Crippen LogP contribution is -2.30. The van der Waals surface area contributed by atoms with E-state index in [1.54, 1.807) is 0 Å². The number of aryl methyl sites for hydroxylation is 1. The van der Waals surface area contributed by atoms with E-state index in [1.807, 2.05) is 13.8 Å². The molecule has 1 aromatic heterocycles. The lowest BCUT2D eigenvalue weighted by atomic mass is 10.1. The zero-order valence-electron chi connectivity index (χ0n) is 12.3. The van der Waals surface area contributed by atoms with Crippen LogP contribution in [0.2, 0.25) is 0 Å². The Bertz CT molecular complexity index is 459. The molecule has 0 aliphatic carbocycles. The van der Waals surface area contributed by atoms with Crippen molar-refractivity contribution in [3.63, 3.8) is 0 Å². The topological polar surface area (TPSA) is 61.3 Å². The molecule has 5 heteroatoms. The molecule has 2 N–H and O–H groups in total. The minimum Gasteiger partial charge on any atom is -0.388 e. The largest absolute Gasteiger partial charge is 0.388 e. The molecule has 2 heterocycles. The van der Waals surface area contributed by atoms with E-state index in [1.165, 1.54) is 0 Å². The van der Waals surface area contributed by atoms with Gasteiger partial charge in [0, 0.05) is 31.6 Å². The Balaban J connectivity index is 2.36. The molecule has 1 atom stereocenters. The van der Waals surface area contributed by atoms with E-state index in [4.69, 9.17) is 0 Å². The van der Waals surface area contributed by atoms with Gasteiger partial charge in [-0.2, -0.15) is 0 Å². The fraction of sp³-hybridized carbons (Fsp3) is 0.714. The van der Waals surface area contributed by atoms with E-state index in [0.717, 1.165) is 49.0 Å². The zero-order valence-corrected chi connectivity index (χ0v) is 12.3. The van der Waals surface area contributed by atoms with Crippen molar-refractivity contribution in [1.82, 2.24) is 9.97 Å². The summed E-state index contributed by atoms with van der Waals surface area (Å²) < 4.78 is 0. The number of hydrogen-bond acceptors (Lipinski definition) is 5. The first-order chi connectivity index (χ1) is 8.96. The highest BCUT2D eigenvalue weighted by molar-refractivity contribution is 5.59. The highest BCUT2D eigenvalue weighted by atomic mass is 16.3. The summed E-state index contributed by atoms with van der Waals surface area (Å²) in [6.45, 7) is 10.4.